The van der Waals surface area contributed by atoms with E-state index in [1.807, 2.05) is 0 Å². The van der Waals surface area contributed by atoms with Crippen LogP contribution in [-0.2, 0) is 0 Å². The molecule has 1 unspecified atom stereocenters. The monoisotopic (exact) mass is 298 g/mol. The first-order valence-electron chi connectivity index (χ1n) is 7.77. The number of hydrogen-bond donors (Lipinski definition) is 1. The quantitative estimate of drug-likeness (QED) is 0.862. The molecule has 3 heteroatoms. The van der Waals surface area contributed by atoms with Crippen molar-refractivity contribution in [2.75, 3.05) is 18.0 Å². The van der Waals surface area contributed by atoms with Gasteiger partial charge in [-0.1, -0.05) is 49.8 Å². The molecule has 0 amide bonds. The second-order valence-electron chi connectivity index (χ2n) is 5.93. The average Bonchev–Trinajstić information content (AvgIpc) is 2.94. The van der Waals surface area contributed by atoms with E-state index < -0.39 is 0 Å². The Bertz CT molecular complexity index is 665. The van der Waals surface area contributed by atoms with Crippen LogP contribution in [0.4, 0.5) is 5.69 Å². The summed E-state index contributed by atoms with van der Waals surface area (Å²) in [5, 5.41) is 2.43. The molecule has 1 fully saturated rings. The van der Waals surface area contributed by atoms with Crippen molar-refractivity contribution in [1.82, 2.24) is 0 Å². The molecule has 2 aromatic carbocycles. The van der Waals surface area contributed by atoms with E-state index in [9.17, 15) is 0 Å². The molecule has 2 N–H and O–H groups in total. The fourth-order valence-corrected chi connectivity index (χ4v) is 3.65. The van der Waals surface area contributed by atoms with Crippen LogP contribution in [0.15, 0.2) is 36.4 Å². The Kier molecular flexibility index (Phi) is 4.11. The number of nitrogens with zero attached hydrogens (tertiary/aromatic N) is 1. The molecule has 1 atom stereocenters. The van der Waals surface area contributed by atoms with E-state index in [0.717, 1.165) is 18.0 Å². The Labute approximate surface area is 131 Å². The zero-order valence-electron chi connectivity index (χ0n) is 12.5. The first-order chi connectivity index (χ1) is 10.2. The molecule has 21 heavy (non-hydrogen) atoms. The van der Waals surface area contributed by atoms with Gasteiger partial charge in [-0.15, -0.1) is 0 Å². The van der Waals surface area contributed by atoms with Gasteiger partial charge in [0.05, 0.1) is 0 Å². The summed E-state index contributed by atoms with van der Waals surface area (Å²) in [5.74, 6) is 0.837. The number of nitrogens with two attached hydrogens (primary N) is 1. The molecule has 1 heterocycles. The van der Waals surface area contributed by atoms with Gasteiger partial charge in [0.15, 0.2) is 0 Å². The number of hydrogen-bond acceptors (Lipinski definition) is 2. The van der Waals surface area contributed by atoms with Crippen LogP contribution in [0.5, 0.6) is 0 Å². The topological polar surface area (TPSA) is 29.3 Å². The smallest absolute Gasteiger partial charge is 0.104 e. The Morgan fingerprint density at radius 3 is 2.71 bits per heavy atom. The highest BCUT2D eigenvalue weighted by molar-refractivity contribution is 7.80. The van der Waals surface area contributed by atoms with Crippen molar-refractivity contribution >= 4 is 33.7 Å². The van der Waals surface area contributed by atoms with Gasteiger partial charge < -0.3 is 10.6 Å². The van der Waals surface area contributed by atoms with Gasteiger partial charge in [-0.05, 0) is 36.3 Å². The Morgan fingerprint density at radius 2 is 2.00 bits per heavy atom. The molecule has 0 radical (unpaired) electrons. The SMILES string of the molecule is CCCC1CCN(c2ccc(C(N)=S)c3ccccc23)C1. The van der Waals surface area contributed by atoms with Gasteiger partial charge in [-0.3, -0.25) is 0 Å². The molecule has 110 valence electrons. The number of thiocarbonyl (C=S) groups is 1. The number of benzene rings is 2. The summed E-state index contributed by atoms with van der Waals surface area (Å²) < 4.78 is 0. The lowest BCUT2D eigenvalue weighted by atomic mass is 10.0. The van der Waals surface area contributed by atoms with Gasteiger partial charge >= 0.3 is 0 Å². The van der Waals surface area contributed by atoms with Crippen LogP contribution in [0.3, 0.4) is 0 Å². The van der Waals surface area contributed by atoms with E-state index in [4.69, 9.17) is 18.0 Å². The molecular weight excluding hydrogens is 276 g/mol. The molecule has 0 aliphatic carbocycles. The maximum Gasteiger partial charge on any atom is 0.104 e. The van der Waals surface area contributed by atoms with Crippen LogP contribution in [0, 0.1) is 5.92 Å². The summed E-state index contributed by atoms with van der Waals surface area (Å²) in [6.07, 6.45) is 3.91. The van der Waals surface area contributed by atoms with Crippen molar-refractivity contribution in [2.45, 2.75) is 26.2 Å². The summed E-state index contributed by atoms with van der Waals surface area (Å²) >= 11 is 5.18. The van der Waals surface area contributed by atoms with Crippen molar-refractivity contribution in [2.24, 2.45) is 11.7 Å². The Hall–Kier alpha value is -1.61. The average molecular weight is 298 g/mol. The molecule has 0 spiro atoms. The molecular formula is C18H22N2S. The highest BCUT2D eigenvalue weighted by Gasteiger charge is 2.23. The van der Waals surface area contributed by atoms with Gasteiger partial charge in [-0.2, -0.15) is 0 Å². The zero-order chi connectivity index (χ0) is 14.8. The van der Waals surface area contributed by atoms with Gasteiger partial charge in [0.2, 0.25) is 0 Å². The lowest BCUT2D eigenvalue weighted by Gasteiger charge is -2.22. The minimum atomic E-state index is 0.475. The van der Waals surface area contributed by atoms with Crippen LogP contribution in [0.25, 0.3) is 10.8 Å². The molecule has 0 aromatic heterocycles. The van der Waals surface area contributed by atoms with E-state index in [1.54, 1.807) is 0 Å². The summed E-state index contributed by atoms with van der Waals surface area (Å²) in [4.78, 5) is 2.99. The molecule has 0 saturated carbocycles. The molecule has 2 nitrogen and oxygen atoms in total. The summed E-state index contributed by atoms with van der Waals surface area (Å²) in [5.41, 5.74) is 8.17. The minimum absolute atomic E-state index is 0.475. The van der Waals surface area contributed by atoms with E-state index in [0.29, 0.717) is 4.99 Å². The second kappa shape index (κ2) is 6.02. The van der Waals surface area contributed by atoms with E-state index in [2.05, 4.69) is 48.2 Å². The summed E-state index contributed by atoms with van der Waals surface area (Å²) in [7, 11) is 0. The third-order valence-corrected chi connectivity index (χ3v) is 4.71. The number of rotatable bonds is 4. The van der Waals surface area contributed by atoms with Gasteiger partial charge in [0.1, 0.15) is 4.99 Å². The lowest BCUT2D eigenvalue weighted by molar-refractivity contribution is 0.530. The Balaban J connectivity index is 2.01. The lowest BCUT2D eigenvalue weighted by Crippen LogP contribution is -2.20. The van der Waals surface area contributed by atoms with Crippen molar-refractivity contribution in [3.05, 3.63) is 42.0 Å². The Morgan fingerprint density at radius 1 is 1.24 bits per heavy atom. The molecule has 1 saturated heterocycles. The molecule has 1 aliphatic heterocycles. The van der Waals surface area contributed by atoms with Crippen LogP contribution in [0.2, 0.25) is 0 Å². The maximum atomic E-state index is 5.86. The van der Waals surface area contributed by atoms with Crippen LogP contribution in [-0.4, -0.2) is 18.1 Å². The number of fused-ring (bicyclic) bond motifs is 1. The van der Waals surface area contributed by atoms with Crippen molar-refractivity contribution in [3.8, 4) is 0 Å². The summed E-state index contributed by atoms with van der Waals surface area (Å²) in [6.45, 7) is 4.60. The minimum Gasteiger partial charge on any atom is -0.389 e. The number of anilines is 1. The van der Waals surface area contributed by atoms with E-state index in [-0.39, 0.29) is 0 Å². The fraction of sp³-hybridized carbons (Fsp3) is 0.389. The third kappa shape index (κ3) is 2.75. The predicted octanol–water partition coefficient (Wildman–Crippen LogP) is 4.10. The predicted molar refractivity (Wildman–Crippen MR) is 95.1 cm³/mol. The maximum absolute atomic E-state index is 5.86. The largest absolute Gasteiger partial charge is 0.389 e. The highest BCUT2D eigenvalue weighted by Crippen LogP contribution is 2.33. The normalized spacial score (nSPS) is 18.3. The van der Waals surface area contributed by atoms with Gasteiger partial charge in [0, 0.05) is 29.7 Å². The van der Waals surface area contributed by atoms with Crippen molar-refractivity contribution in [1.29, 1.82) is 0 Å². The second-order valence-corrected chi connectivity index (χ2v) is 6.37. The first kappa shape index (κ1) is 14.3. The zero-order valence-corrected chi connectivity index (χ0v) is 13.3. The van der Waals surface area contributed by atoms with E-state index >= 15 is 0 Å². The van der Waals surface area contributed by atoms with Crippen LogP contribution < -0.4 is 10.6 Å². The molecule has 2 aromatic rings. The van der Waals surface area contributed by atoms with Crippen LogP contribution in [0.1, 0.15) is 31.7 Å². The first-order valence-corrected chi connectivity index (χ1v) is 8.18. The molecule has 0 bridgehead atoms. The van der Waals surface area contributed by atoms with Crippen molar-refractivity contribution in [3.63, 3.8) is 0 Å². The summed E-state index contributed by atoms with van der Waals surface area (Å²) in [6, 6.07) is 12.7. The molecule has 1 aliphatic rings. The van der Waals surface area contributed by atoms with Gasteiger partial charge in [0.25, 0.3) is 0 Å². The fourth-order valence-electron chi connectivity index (χ4n) is 3.47. The molecule has 3 rings (SSSR count). The van der Waals surface area contributed by atoms with E-state index in [1.165, 1.54) is 42.3 Å². The van der Waals surface area contributed by atoms with Crippen molar-refractivity contribution < 1.29 is 0 Å². The van der Waals surface area contributed by atoms with Gasteiger partial charge in [-0.25, -0.2) is 0 Å². The standard InChI is InChI=1S/C18H22N2S/c1-2-5-13-10-11-20(12-13)17-9-8-16(18(19)21)14-6-3-4-7-15(14)17/h3-4,6-9,13H,2,5,10-12H2,1H3,(H2,19,21). The van der Waals surface area contributed by atoms with Crippen LogP contribution >= 0.6 is 12.2 Å². The third-order valence-electron chi connectivity index (χ3n) is 4.49. The highest BCUT2D eigenvalue weighted by atomic mass is 32.1.